The van der Waals surface area contributed by atoms with Gasteiger partial charge in [0.2, 0.25) is 0 Å². The van der Waals surface area contributed by atoms with E-state index in [1.165, 1.54) is 0 Å². The molecule has 0 spiro atoms. The van der Waals surface area contributed by atoms with Crippen molar-refractivity contribution in [2.24, 2.45) is 0 Å². The quantitative estimate of drug-likeness (QED) is 0.670. The van der Waals surface area contributed by atoms with E-state index >= 15 is 0 Å². The molecule has 0 fully saturated rings. The molecule has 0 rings (SSSR count). The van der Waals surface area contributed by atoms with Crippen molar-refractivity contribution in [3.05, 3.63) is 0 Å². The number of nitrogens with zero attached hydrogens (tertiary/aromatic N) is 1. The molecule has 0 aliphatic rings. The standard InChI is InChI=1S/C10H21F3N2/c1-9(2)14-6-4-7-15(3)8-5-10(11,12)13/h9,14H,4-8H2,1-3H3. The van der Waals surface area contributed by atoms with Crippen molar-refractivity contribution in [1.82, 2.24) is 10.2 Å². The van der Waals surface area contributed by atoms with Crippen LogP contribution in [-0.2, 0) is 0 Å². The van der Waals surface area contributed by atoms with Gasteiger partial charge in [-0.05, 0) is 26.6 Å². The Bertz CT molecular complexity index is 157. The number of nitrogens with one attached hydrogen (secondary N) is 1. The predicted molar refractivity (Wildman–Crippen MR) is 55.9 cm³/mol. The molecule has 5 heteroatoms. The van der Waals surface area contributed by atoms with Gasteiger partial charge in [-0.2, -0.15) is 13.2 Å². The van der Waals surface area contributed by atoms with E-state index in [1.54, 1.807) is 11.9 Å². The second-order valence-electron chi connectivity index (χ2n) is 4.13. The first-order chi connectivity index (χ1) is 6.81. The minimum absolute atomic E-state index is 0.0885. The molecule has 0 unspecified atom stereocenters. The Labute approximate surface area is 89.8 Å². The number of halogens is 3. The molecule has 92 valence electrons. The highest BCUT2D eigenvalue weighted by Gasteiger charge is 2.26. The fourth-order valence-electron chi connectivity index (χ4n) is 1.17. The minimum Gasteiger partial charge on any atom is -0.314 e. The van der Waals surface area contributed by atoms with Gasteiger partial charge in [0.15, 0.2) is 0 Å². The van der Waals surface area contributed by atoms with E-state index in [4.69, 9.17) is 0 Å². The highest BCUT2D eigenvalue weighted by Crippen LogP contribution is 2.19. The second-order valence-corrected chi connectivity index (χ2v) is 4.13. The average Bonchev–Trinajstić information content (AvgIpc) is 2.07. The van der Waals surface area contributed by atoms with Crippen molar-refractivity contribution in [3.63, 3.8) is 0 Å². The van der Waals surface area contributed by atoms with E-state index in [2.05, 4.69) is 5.32 Å². The van der Waals surface area contributed by atoms with Crippen LogP contribution in [0.15, 0.2) is 0 Å². The van der Waals surface area contributed by atoms with Crippen LogP contribution < -0.4 is 5.32 Å². The van der Waals surface area contributed by atoms with Gasteiger partial charge in [0.25, 0.3) is 0 Å². The summed E-state index contributed by atoms with van der Waals surface area (Å²) in [6.45, 7) is 5.75. The number of rotatable bonds is 7. The van der Waals surface area contributed by atoms with Crippen LogP contribution in [0.3, 0.4) is 0 Å². The first kappa shape index (κ1) is 14.7. The monoisotopic (exact) mass is 226 g/mol. The maximum Gasteiger partial charge on any atom is 0.390 e. The lowest BCUT2D eigenvalue weighted by atomic mass is 10.3. The minimum atomic E-state index is -4.04. The predicted octanol–water partition coefficient (Wildman–Crippen LogP) is 2.26. The Kier molecular flexibility index (Phi) is 6.92. The summed E-state index contributed by atoms with van der Waals surface area (Å²) in [6.07, 6.45) is -3.88. The lowest BCUT2D eigenvalue weighted by molar-refractivity contribution is -0.137. The summed E-state index contributed by atoms with van der Waals surface area (Å²) in [5, 5.41) is 3.22. The molecule has 0 aromatic heterocycles. The van der Waals surface area contributed by atoms with Crippen LogP contribution in [0.5, 0.6) is 0 Å². The third kappa shape index (κ3) is 11.6. The van der Waals surface area contributed by atoms with Gasteiger partial charge in [0.05, 0.1) is 6.42 Å². The normalized spacial score (nSPS) is 12.8. The fraction of sp³-hybridized carbons (Fsp3) is 1.00. The van der Waals surface area contributed by atoms with E-state index in [0.29, 0.717) is 12.6 Å². The van der Waals surface area contributed by atoms with Crippen molar-refractivity contribution in [2.45, 2.75) is 38.9 Å². The lowest BCUT2D eigenvalue weighted by Gasteiger charge is -2.18. The first-order valence-corrected chi connectivity index (χ1v) is 5.30. The summed E-state index contributed by atoms with van der Waals surface area (Å²) in [5.41, 5.74) is 0. The third-order valence-corrected chi connectivity index (χ3v) is 2.05. The van der Waals surface area contributed by atoms with Crippen molar-refractivity contribution in [1.29, 1.82) is 0 Å². The molecule has 0 aliphatic carbocycles. The Balaban J connectivity index is 3.38. The maximum absolute atomic E-state index is 11.9. The highest BCUT2D eigenvalue weighted by atomic mass is 19.4. The number of alkyl halides is 3. The van der Waals surface area contributed by atoms with E-state index in [0.717, 1.165) is 13.0 Å². The van der Waals surface area contributed by atoms with Crippen LogP contribution in [0, 0.1) is 0 Å². The summed E-state index contributed by atoms with van der Waals surface area (Å²) in [7, 11) is 1.72. The molecular weight excluding hydrogens is 205 g/mol. The fourth-order valence-corrected chi connectivity index (χ4v) is 1.17. The molecule has 0 saturated heterocycles. The molecule has 0 bridgehead atoms. The third-order valence-electron chi connectivity index (χ3n) is 2.05. The second kappa shape index (κ2) is 7.06. The lowest BCUT2D eigenvalue weighted by Crippen LogP contribution is -2.29. The van der Waals surface area contributed by atoms with Gasteiger partial charge < -0.3 is 10.2 Å². The van der Waals surface area contributed by atoms with Crippen LogP contribution in [0.2, 0.25) is 0 Å². The van der Waals surface area contributed by atoms with Crippen LogP contribution in [-0.4, -0.2) is 43.8 Å². The van der Waals surface area contributed by atoms with Gasteiger partial charge in [-0.15, -0.1) is 0 Å². The van der Waals surface area contributed by atoms with Gasteiger partial charge in [-0.3, -0.25) is 0 Å². The molecule has 0 saturated carbocycles. The molecule has 0 aromatic carbocycles. The Morgan fingerprint density at radius 3 is 2.27 bits per heavy atom. The molecule has 0 radical (unpaired) electrons. The van der Waals surface area contributed by atoms with Crippen molar-refractivity contribution in [2.75, 3.05) is 26.7 Å². The zero-order chi connectivity index (χ0) is 11.9. The SMILES string of the molecule is CC(C)NCCCN(C)CCC(F)(F)F. The zero-order valence-electron chi connectivity index (χ0n) is 9.69. The van der Waals surface area contributed by atoms with E-state index in [1.807, 2.05) is 13.8 Å². The highest BCUT2D eigenvalue weighted by molar-refractivity contribution is 4.59. The summed E-state index contributed by atoms with van der Waals surface area (Å²) in [6, 6.07) is 0.436. The molecule has 0 aliphatic heterocycles. The number of hydrogen-bond acceptors (Lipinski definition) is 2. The Morgan fingerprint density at radius 2 is 1.80 bits per heavy atom. The Morgan fingerprint density at radius 1 is 1.20 bits per heavy atom. The molecule has 1 N–H and O–H groups in total. The Hall–Kier alpha value is -0.290. The molecule has 15 heavy (non-hydrogen) atoms. The van der Waals surface area contributed by atoms with Gasteiger partial charge >= 0.3 is 6.18 Å². The number of hydrogen-bond donors (Lipinski definition) is 1. The van der Waals surface area contributed by atoms with Crippen LogP contribution in [0.25, 0.3) is 0 Å². The van der Waals surface area contributed by atoms with Gasteiger partial charge in [-0.25, -0.2) is 0 Å². The van der Waals surface area contributed by atoms with Crippen LogP contribution >= 0.6 is 0 Å². The molecule has 2 nitrogen and oxygen atoms in total. The molecule has 0 aromatic rings. The molecule has 0 heterocycles. The largest absolute Gasteiger partial charge is 0.390 e. The topological polar surface area (TPSA) is 15.3 Å². The van der Waals surface area contributed by atoms with Crippen molar-refractivity contribution >= 4 is 0 Å². The van der Waals surface area contributed by atoms with Crippen LogP contribution in [0.1, 0.15) is 26.7 Å². The molecule has 0 amide bonds. The van der Waals surface area contributed by atoms with Crippen LogP contribution in [0.4, 0.5) is 13.2 Å². The van der Waals surface area contributed by atoms with Gasteiger partial charge in [0, 0.05) is 12.6 Å². The zero-order valence-corrected chi connectivity index (χ0v) is 9.69. The van der Waals surface area contributed by atoms with Gasteiger partial charge in [-0.1, -0.05) is 13.8 Å². The smallest absolute Gasteiger partial charge is 0.314 e. The molecule has 0 atom stereocenters. The summed E-state index contributed by atoms with van der Waals surface area (Å²) >= 11 is 0. The van der Waals surface area contributed by atoms with Gasteiger partial charge in [0.1, 0.15) is 0 Å². The van der Waals surface area contributed by atoms with E-state index < -0.39 is 12.6 Å². The van der Waals surface area contributed by atoms with Crippen molar-refractivity contribution in [3.8, 4) is 0 Å². The summed E-state index contributed by atoms with van der Waals surface area (Å²) < 4.78 is 35.6. The summed E-state index contributed by atoms with van der Waals surface area (Å²) in [4.78, 5) is 1.72. The maximum atomic E-state index is 11.9. The van der Waals surface area contributed by atoms with E-state index in [9.17, 15) is 13.2 Å². The molecular formula is C10H21F3N2. The average molecular weight is 226 g/mol. The first-order valence-electron chi connectivity index (χ1n) is 5.30. The van der Waals surface area contributed by atoms with E-state index in [-0.39, 0.29) is 6.54 Å². The van der Waals surface area contributed by atoms with Crippen molar-refractivity contribution < 1.29 is 13.2 Å². The summed E-state index contributed by atoms with van der Waals surface area (Å²) in [5.74, 6) is 0.